The summed E-state index contributed by atoms with van der Waals surface area (Å²) in [6.07, 6.45) is 14.4. The maximum atomic E-state index is 14.0. The molecule has 4 aliphatic carbocycles. The van der Waals surface area contributed by atoms with Crippen LogP contribution in [-0.2, 0) is 9.59 Å². The Morgan fingerprint density at radius 2 is 1.08 bits per heavy atom. The van der Waals surface area contributed by atoms with E-state index >= 15 is 0 Å². The van der Waals surface area contributed by atoms with Gasteiger partial charge in [0.05, 0.1) is 32.4 Å². The van der Waals surface area contributed by atoms with Gasteiger partial charge >= 0.3 is 0 Å². The summed E-state index contributed by atoms with van der Waals surface area (Å²) in [5, 5.41) is 9.81. The third-order valence-electron chi connectivity index (χ3n) is 9.02. The van der Waals surface area contributed by atoms with E-state index in [1.54, 1.807) is 47.0 Å². The lowest BCUT2D eigenvalue weighted by Gasteiger charge is -2.52. The van der Waals surface area contributed by atoms with Crippen LogP contribution in [0.3, 0.4) is 0 Å². The highest BCUT2D eigenvalue weighted by atomic mass is 32.2. The molecular weight excluding hydrogens is 565 g/mol. The van der Waals surface area contributed by atoms with Crippen molar-refractivity contribution < 1.29 is 9.59 Å². The number of nitrogens with one attached hydrogen (secondary N) is 2. The van der Waals surface area contributed by atoms with Crippen molar-refractivity contribution in [3.63, 3.8) is 0 Å². The molecule has 0 radical (unpaired) electrons. The minimum absolute atomic E-state index is 0.00479. The Balaban J connectivity index is 1.25. The average Bonchev–Trinajstić information content (AvgIpc) is 2.91. The molecule has 3 aliphatic heterocycles. The average molecular weight is 599 g/mol. The maximum absolute atomic E-state index is 14.0. The van der Waals surface area contributed by atoms with Crippen molar-refractivity contribution in [1.29, 1.82) is 0 Å². The Morgan fingerprint density at radius 1 is 0.667 bits per heavy atom. The van der Waals surface area contributed by atoms with Crippen LogP contribution in [0.25, 0.3) is 0 Å². The first kappa shape index (κ1) is 25.8. The molecule has 0 bridgehead atoms. The highest BCUT2D eigenvalue weighted by Crippen LogP contribution is 2.59. The first-order valence-corrected chi connectivity index (χ1v) is 19.5. The van der Waals surface area contributed by atoms with E-state index in [0.29, 0.717) is 34.2 Å². The molecule has 0 amide bonds. The molecular formula is C26H34N2O2S6. The number of carbonyl (C=O) groups is 2. The molecule has 0 spiro atoms. The Hall–Kier alpha value is 0.840. The maximum Gasteiger partial charge on any atom is 0.184 e. The lowest BCUT2D eigenvalue weighted by molar-refractivity contribution is -0.115. The van der Waals surface area contributed by atoms with Crippen molar-refractivity contribution in [1.82, 2.24) is 10.6 Å². The fourth-order valence-electron chi connectivity index (χ4n) is 7.26. The first-order valence-electron chi connectivity index (χ1n) is 13.4. The zero-order valence-electron chi connectivity index (χ0n) is 20.7. The number of carbonyl (C=O) groups excluding carboxylic acids is 2. The number of allylic oxidation sites excluding steroid dienone is 2. The molecule has 10 heteroatoms. The summed E-state index contributed by atoms with van der Waals surface area (Å²) in [5.41, 5.74) is 0. The third kappa shape index (κ3) is 4.08. The number of hydrogen-bond donors (Lipinski definition) is 2. The van der Waals surface area contributed by atoms with E-state index < -0.39 is 0 Å². The molecule has 36 heavy (non-hydrogen) atoms. The molecule has 4 fully saturated rings. The summed E-state index contributed by atoms with van der Waals surface area (Å²) in [6.45, 7) is 0. The second-order valence-corrected chi connectivity index (χ2v) is 17.9. The smallest absolute Gasteiger partial charge is 0.184 e. The molecule has 0 aromatic rings. The quantitative estimate of drug-likeness (QED) is 0.439. The minimum atomic E-state index is -0.00479. The number of ketones is 2. The lowest BCUT2D eigenvalue weighted by atomic mass is 9.91. The summed E-state index contributed by atoms with van der Waals surface area (Å²) < 4.78 is 0. The van der Waals surface area contributed by atoms with Gasteiger partial charge in [-0.1, -0.05) is 49.2 Å². The van der Waals surface area contributed by atoms with Gasteiger partial charge in [0.15, 0.2) is 11.6 Å². The van der Waals surface area contributed by atoms with Gasteiger partial charge in [0.25, 0.3) is 0 Å². The predicted octanol–water partition coefficient (Wildman–Crippen LogP) is 5.29. The van der Waals surface area contributed by atoms with Crippen molar-refractivity contribution in [3.8, 4) is 0 Å². The van der Waals surface area contributed by atoms with E-state index in [2.05, 4.69) is 46.7 Å². The molecule has 7 aliphatic rings. The molecule has 0 aromatic heterocycles. The van der Waals surface area contributed by atoms with E-state index in [9.17, 15) is 9.59 Å². The van der Waals surface area contributed by atoms with Crippen LogP contribution in [0.1, 0.15) is 51.4 Å². The van der Waals surface area contributed by atoms with Crippen molar-refractivity contribution in [2.75, 3.05) is 12.5 Å². The van der Waals surface area contributed by atoms with Crippen molar-refractivity contribution >= 4 is 82.1 Å². The zero-order chi connectivity index (χ0) is 24.6. The summed E-state index contributed by atoms with van der Waals surface area (Å²) in [6, 6.07) is 1.42. The fourth-order valence-corrected chi connectivity index (χ4v) is 16.6. The molecule has 0 aromatic carbocycles. The standard InChI is InChI=1S/C26H34N2O2S6/c1-31-23-17(29)25-21(15-19(23)33-13-9-5-3-7-11(13)27-15)36-26-18(30)24(32-2)20-16(22(26)35-25)28-12-8-4-6-10-14(12)34-20/h11-16,19-20,23-24,27-28H,3-10H2,1-2H3. The summed E-state index contributed by atoms with van der Waals surface area (Å²) in [7, 11) is 0. The predicted molar refractivity (Wildman–Crippen MR) is 163 cm³/mol. The Morgan fingerprint density at radius 3 is 1.50 bits per heavy atom. The highest BCUT2D eigenvalue weighted by molar-refractivity contribution is 8.15. The summed E-state index contributed by atoms with van der Waals surface area (Å²) >= 11 is 11.0. The SMILES string of the molecule is CSC1C(=O)C2=C(SC3=C(S2)C2NC4CCCCC4SC2C(SC)C3=O)C2NC3CCCCC3SC21. The van der Waals surface area contributed by atoms with Crippen LogP contribution in [0.5, 0.6) is 0 Å². The van der Waals surface area contributed by atoms with Gasteiger partial charge < -0.3 is 10.6 Å². The van der Waals surface area contributed by atoms with Crippen molar-refractivity contribution in [3.05, 3.63) is 19.6 Å². The number of fused-ring (bicyclic) bond motifs is 6. The molecule has 10 unspecified atom stereocenters. The normalized spacial score (nSPS) is 46.3. The number of rotatable bonds is 2. The van der Waals surface area contributed by atoms with E-state index in [1.807, 2.05) is 0 Å². The molecule has 2 saturated heterocycles. The summed E-state index contributed by atoms with van der Waals surface area (Å²) in [4.78, 5) is 32.1. The van der Waals surface area contributed by atoms with Gasteiger partial charge in [-0.2, -0.15) is 23.5 Å². The van der Waals surface area contributed by atoms with Gasteiger partial charge in [-0.25, -0.2) is 0 Å². The highest BCUT2D eigenvalue weighted by Gasteiger charge is 2.56. The first-order chi connectivity index (χ1) is 17.6. The second kappa shape index (κ2) is 10.3. The topological polar surface area (TPSA) is 58.2 Å². The molecule has 196 valence electrons. The van der Waals surface area contributed by atoms with Crippen LogP contribution in [0.15, 0.2) is 19.6 Å². The fraction of sp³-hybridized carbons (Fsp3) is 0.769. The molecule has 4 nitrogen and oxygen atoms in total. The Labute approximate surface area is 240 Å². The Bertz CT molecular complexity index is 952. The molecule has 2 saturated carbocycles. The van der Waals surface area contributed by atoms with E-state index in [0.717, 1.165) is 19.6 Å². The lowest BCUT2D eigenvalue weighted by Crippen LogP contribution is -2.63. The molecule has 3 heterocycles. The van der Waals surface area contributed by atoms with Gasteiger partial charge in [-0.3, -0.25) is 9.59 Å². The van der Waals surface area contributed by atoms with Gasteiger partial charge in [-0.05, 0) is 38.2 Å². The molecule has 10 atom stereocenters. The van der Waals surface area contributed by atoms with Gasteiger partial charge in [0, 0.05) is 42.9 Å². The van der Waals surface area contributed by atoms with E-state index in [-0.39, 0.29) is 33.1 Å². The van der Waals surface area contributed by atoms with Crippen LogP contribution in [0, 0.1) is 0 Å². The minimum Gasteiger partial charge on any atom is -0.305 e. The second-order valence-electron chi connectivity index (χ2n) is 11.0. The van der Waals surface area contributed by atoms with Crippen LogP contribution in [-0.4, -0.2) is 79.7 Å². The van der Waals surface area contributed by atoms with Crippen molar-refractivity contribution in [2.24, 2.45) is 0 Å². The van der Waals surface area contributed by atoms with Crippen LogP contribution in [0.4, 0.5) is 0 Å². The van der Waals surface area contributed by atoms with Crippen molar-refractivity contribution in [2.45, 2.75) is 107 Å². The number of Topliss-reactive ketones (excluding diaryl/α,β-unsaturated/α-hetero) is 2. The van der Waals surface area contributed by atoms with E-state index in [1.165, 1.54) is 51.4 Å². The van der Waals surface area contributed by atoms with Crippen LogP contribution in [0.2, 0.25) is 0 Å². The van der Waals surface area contributed by atoms with E-state index in [4.69, 9.17) is 0 Å². The number of hydrogen-bond acceptors (Lipinski definition) is 10. The van der Waals surface area contributed by atoms with Gasteiger partial charge in [0.1, 0.15) is 0 Å². The largest absolute Gasteiger partial charge is 0.305 e. The monoisotopic (exact) mass is 598 g/mol. The van der Waals surface area contributed by atoms with Crippen LogP contribution >= 0.6 is 70.6 Å². The summed E-state index contributed by atoms with van der Waals surface area (Å²) in [5.74, 6) is 0.614. The van der Waals surface area contributed by atoms with Gasteiger partial charge in [0.2, 0.25) is 0 Å². The van der Waals surface area contributed by atoms with Gasteiger partial charge in [-0.15, -0.1) is 23.5 Å². The number of thioether (sulfide) groups is 6. The zero-order valence-corrected chi connectivity index (χ0v) is 25.6. The third-order valence-corrected chi connectivity index (χ3v) is 17.8. The van der Waals surface area contributed by atoms with Crippen LogP contribution < -0.4 is 10.6 Å². The molecule has 7 rings (SSSR count). The Kier molecular flexibility index (Phi) is 7.41. The molecule has 2 N–H and O–H groups in total.